The van der Waals surface area contributed by atoms with Crippen LogP contribution in [0.4, 0.5) is 5.13 Å². The molecular weight excluding hydrogens is 282 g/mol. The number of hydrogen-bond donors (Lipinski definition) is 0. The Bertz CT molecular complexity index is 580. The Balaban J connectivity index is 2.11. The van der Waals surface area contributed by atoms with Gasteiger partial charge in [0.15, 0.2) is 5.13 Å². The molecule has 0 aliphatic heterocycles. The first-order chi connectivity index (χ1) is 10.1. The predicted molar refractivity (Wildman–Crippen MR) is 88.7 cm³/mol. The van der Waals surface area contributed by atoms with Crippen LogP contribution in [-0.2, 0) is 4.79 Å². The molecule has 0 aliphatic rings. The second-order valence-corrected chi connectivity index (χ2v) is 6.05. The van der Waals surface area contributed by atoms with E-state index < -0.39 is 0 Å². The van der Waals surface area contributed by atoms with Gasteiger partial charge < -0.3 is 4.90 Å². The normalized spacial score (nSPS) is 10.9. The molecule has 21 heavy (non-hydrogen) atoms. The molecule has 2 aromatic rings. The first kappa shape index (κ1) is 15.7. The fraction of sp³-hybridized carbons (Fsp3) is 0.375. The summed E-state index contributed by atoms with van der Waals surface area (Å²) in [6.07, 6.45) is 0.937. The van der Waals surface area contributed by atoms with E-state index in [0.29, 0.717) is 6.54 Å². The highest BCUT2D eigenvalue weighted by atomic mass is 32.1. The lowest BCUT2D eigenvalue weighted by Crippen LogP contribution is -2.31. The van der Waals surface area contributed by atoms with Gasteiger partial charge in [-0.1, -0.05) is 30.3 Å². The molecule has 0 atom stereocenters. The van der Waals surface area contributed by atoms with Gasteiger partial charge in [-0.3, -0.25) is 9.69 Å². The largest absolute Gasteiger partial charge is 0.309 e. The van der Waals surface area contributed by atoms with Crippen LogP contribution in [0.15, 0.2) is 35.7 Å². The minimum atomic E-state index is 0.0442. The summed E-state index contributed by atoms with van der Waals surface area (Å²) in [5.41, 5.74) is 2.01. The SMILES string of the molecule is CC(=O)N(CCCN(C)C)c1nc(-c2ccccc2)cs1. The molecule has 0 radical (unpaired) electrons. The molecule has 4 nitrogen and oxygen atoms in total. The average Bonchev–Trinajstić information content (AvgIpc) is 2.93. The summed E-state index contributed by atoms with van der Waals surface area (Å²) >= 11 is 1.52. The van der Waals surface area contributed by atoms with Crippen LogP contribution < -0.4 is 4.90 Å². The molecule has 0 saturated heterocycles. The summed E-state index contributed by atoms with van der Waals surface area (Å²) in [5.74, 6) is 0.0442. The Morgan fingerprint density at radius 2 is 1.90 bits per heavy atom. The van der Waals surface area contributed by atoms with Crippen molar-refractivity contribution in [1.29, 1.82) is 0 Å². The highest BCUT2D eigenvalue weighted by molar-refractivity contribution is 7.14. The number of aromatic nitrogens is 1. The summed E-state index contributed by atoms with van der Waals surface area (Å²) in [6.45, 7) is 3.26. The van der Waals surface area contributed by atoms with Gasteiger partial charge in [0.1, 0.15) is 0 Å². The van der Waals surface area contributed by atoms with E-state index >= 15 is 0 Å². The zero-order valence-electron chi connectivity index (χ0n) is 12.7. The standard InChI is InChI=1S/C16H21N3OS/c1-13(20)19(11-7-10-18(2)3)16-17-15(12-21-16)14-8-5-4-6-9-14/h4-6,8-9,12H,7,10-11H2,1-3H3. The number of carbonyl (C=O) groups is 1. The lowest BCUT2D eigenvalue weighted by atomic mass is 10.2. The summed E-state index contributed by atoms with van der Waals surface area (Å²) in [7, 11) is 4.07. The van der Waals surface area contributed by atoms with E-state index in [0.717, 1.165) is 29.4 Å². The number of benzene rings is 1. The monoisotopic (exact) mass is 303 g/mol. The molecule has 0 unspecified atom stereocenters. The fourth-order valence-electron chi connectivity index (χ4n) is 2.06. The van der Waals surface area contributed by atoms with Gasteiger partial charge in [0, 0.05) is 24.4 Å². The lowest BCUT2D eigenvalue weighted by Gasteiger charge is -2.19. The van der Waals surface area contributed by atoms with Gasteiger partial charge in [-0.15, -0.1) is 11.3 Å². The highest BCUT2D eigenvalue weighted by Gasteiger charge is 2.15. The topological polar surface area (TPSA) is 36.4 Å². The zero-order valence-corrected chi connectivity index (χ0v) is 13.6. The molecule has 1 heterocycles. The molecule has 1 aromatic heterocycles. The van der Waals surface area contributed by atoms with Crippen LogP contribution in [0.25, 0.3) is 11.3 Å². The molecule has 0 bridgehead atoms. The number of anilines is 1. The van der Waals surface area contributed by atoms with Crippen molar-refractivity contribution >= 4 is 22.4 Å². The van der Waals surface area contributed by atoms with Gasteiger partial charge in [-0.25, -0.2) is 4.98 Å². The number of hydrogen-bond acceptors (Lipinski definition) is 4. The van der Waals surface area contributed by atoms with Crippen LogP contribution in [0.1, 0.15) is 13.3 Å². The van der Waals surface area contributed by atoms with Crippen molar-refractivity contribution in [3.05, 3.63) is 35.7 Å². The van der Waals surface area contributed by atoms with E-state index in [9.17, 15) is 4.79 Å². The van der Waals surface area contributed by atoms with E-state index in [1.54, 1.807) is 11.8 Å². The van der Waals surface area contributed by atoms with Crippen LogP contribution in [0.5, 0.6) is 0 Å². The van der Waals surface area contributed by atoms with Gasteiger partial charge in [-0.2, -0.15) is 0 Å². The Morgan fingerprint density at radius 3 is 2.52 bits per heavy atom. The lowest BCUT2D eigenvalue weighted by molar-refractivity contribution is -0.116. The van der Waals surface area contributed by atoms with Crippen LogP contribution in [0.3, 0.4) is 0 Å². The minimum absolute atomic E-state index is 0.0442. The van der Waals surface area contributed by atoms with E-state index in [2.05, 4.69) is 9.88 Å². The van der Waals surface area contributed by atoms with Gasteiger partial charge >= 0.3 is 0 Å². The van der Waals surface area contributed by atoms with Crippen molar-refractivity contribution in [2.24, 2.45) is 0 Å². The van der Waals surface area contributed by atoms with Gasteiger partial charge in [0.05, 0.1) is 5.69 Å². The van der Waals surface area contributed by atoms with Gasteiger partial charge in [0.25, 0.3) is 0 Å². The summed E-state index contributed by atoms with van der Waals surface area (Å²) in [5, 5.41) is 2.78. The molecule has 0 fully saturated rings. The molecular formula is C16H21N3OS. The van der Waals surface area contributed by atoms with E-state index in [1.807, 2.05) is 49.8 Å². The maximum absolute atomic E-state index is 11.8. The third-order valence-corrected chi connectivity index (χ3v) is 4.02. The van der Waals surface area contributed by atoms with Crippen molar-refractivity contribution in [1.82, 2.24) is 9.88 Å². The molecule has 1 aromatic carbocycles. The smallest absolute Gasteiger partial charge is 0.225 e. The summed E-state index contributed by atoms with van der Waals surface area (Å²) < 4.78 is 0. The van der Waals surface area contributed by atoms with E-state index in [-0.39, 0.29) is 5.91 Å². The van der Waals surface area contributed by atoms with Crippen LogP contribution in [0.2, 0.25) is 0 Å². The average molecular weight is 303 g/mol. The molecule has 0 spiro atoms. The third kappa shape index (κ3) is 4.37. The Kier molecular flexibility index (Phi) is 5.47. The molecule has 0 aliphatic carbocycles. The fourth-order valence-corrected chi connectivity index (χ4v) is 2.97. The van der Waals surface area contributed by atoms with Crippen LogP contribution in [-0.4, -0.2) is 43.0 Å². The number of thiazole rings is 1. The number of nitrogens with zero attached hydrogens (tertiary/aromatic N) is 3. The number of carbonyl (C=O) groups excluding carboxylic acids is 1. The van der Waals surface area contributed by atoms with Crippen molar-refractivity contribution in [2.75, 3.05) is 32.1 Å². The maximum atomic E-state index is 11.8. The second kappa shape index (κ2) is 7.33. The quantitative estimate of drug-likeness (QED) is 0.822. The Morgan fingerprint density at radius 1 is 1.19 bits per heavy atom. The summed E-state index contributed by atoms with van der Waals surface area (Å²) in [6, 6.07) is 10.0. The molecule has 0 saturated carbocycles. The van der Waals surface area contributed by atoms with Crippen LogP contribution in [0, 0.1) is 0 Å². The van der Waals surface area contributed by atoms with E-state index in [1.165, 1.54) is 11.3 Å². The van der Waals surface area contributed by atoms with Gasteiger partial charge in [-0.05, 0) is 27.1 Å². The summed E-state index contributed by atoms with van der Waals surface area (Å²) in [4.78, 5) is 20.3. The first-order valence-corrected chi connectivity index (χ1v) is 7.89. The van der Waals surface area contributed by atoms with E-state index in [4.69, 9.17) is 0 Å². The minimum Gasteiger partial charge on any atom is -0.309 e. The molecule has 2 rings (SSSR count). The third-order valence-electron chi connectivity index (χ3n) is 3.16. The molecule has 1 amide bonds. The maximum Gasteiger partial charge on any atom is 0.225 e. The Labute approximate surface area is 130 Å². The zero-order chi connectivity index (χ0) is 15.2. The molecule has 0 N–H and O–H groups in total. The number of amides is 1. The first-order valence-electron chi connectivity index (χ1n) is 7.01. The molecule has 5 heteroatoms. The van der Waals surface area contributed by atoms with Crippen molar-refractivity contribution in [2.45, 2.75) is 13.3 Å². The van der Waals surface area contributed by atoms with Crippen molar-refractivity contribution in [3.63, 3.8) is 0 Å². The predicted octanol–water partition coefficient (Wildman–Crippen LogP) is 3.11. The van der Waals surface area contributed by atoms with Crippen molar-refractivity contribution < 1.29 is 4.79 Å². The van der Waals surface area contributed by atoms with Crippen molar-refractivity contribution in [3.8, 4) is 11.3 Å². The highest BCUT2D eigenvalue weighted by Crippen LogP contribution is 2.27. The second-order valence-electron chi connectivity index (χ2n) is 5.21. The molecule has 112 valence electrons. The number of rotatable bonds is 6. The van der Waals surface area contributed by atoms with Crippen LogP contribution >= 0.6 is 11.3 Å². The van der Waals surface area contributed by atoms with Gasteiger partial charge in [0.2, 0.25) is 5.91 Å². The Hall–Kier alpha value is -1.72.